The van der Waals surface area contributed by atoms with Crippen molar-refractivity contribution in [3.63, 3.8) is 0 Å². The summed E-state index contributed by atoms with van der Waals surface area (Å²) in [6.45, 7) is 1.92. The summed E-state index contributed by atoms with van der Waals surface area (Å²) in [4.78, 5) is 17.3. The summed E-state index contributed by atoms with van der Waals surface area (Å²) < 4.78 is 5.05. The maximum atomic E-state index is 12.0. The number of benzene rings is 1. The molecule has 2 aromatic heterocycles. The number of nitrogens with zero attached hydrogens (tertiary/aromatic N) is 1. The quantitative estimate of drug-likeness (QED) is 0.698. The molecule has 1 amide bonds. The number of hydrogen-bond acceptors (Lipinski definition) is 4. The molecule has 4 nitrogen and oxygen atoms in total. The van der Waals surface area contributed by atoms with Crippen molar-refractivity contribution >= 4 is 45.6 Å². The summed E-state index contributed by atoms with van der Waals surface area (Å²) >= 11 is 13.5. The molecule has 112 valence electrons. The van der Waals surface area contributed by atoms with Crippen molar-refractivity contribution in [2.75, 3.05) is 5.32 Å². The number of aromatic nitrogens is 1. The Bertz CT molecular complexity index is 828. The fourth-order valence-electron chi connectivity index (χ4n) is 1.95. The lowest BCUT2D eigenvalue weighted by Gasteiger charge is -2.02. The zero-order chi connectivity index (χ0) is 15.7. The van der Waals surface area contributed by atoms with E-state index in [4.69, 9.17) is 27.6 Å². The first-order valence-electron chi connectivity index (χ1n) is 6.32. The average molecular weight is 353 g/mol. The molecule has 0 saturated carbocycles. The van der Waals surface area contributed by atoms with Crippen molar-refractivity contribution in [1.82, 2.24) is 4.98 Å². The van der Waals surface area contributed by atoms with Gasteiger partial charge in [0.15, 0.2) is 10.9 Å². The lowest BCUT2D eigenvalue weighted by molar-refractivity contribution is 0.0996. The highest BCUT2D eigenvalue weighted by molar-refractivity contribution is 7.16. The van der Waals surface area contributed by atoms with Crippen LogP contribution >= 0.6 is 34.5 Å². The smallest absolute Gasteiger partial charge is 0.293 e. The topological polar surface area (TPSA) is 55.1 Å². The first kappa shape index (κ1) is 15.1. The van der Waals surface area contributed by atoms with Crippen molar-refractivity contribution in [3.8, 4) is 11.3 Å². The molecule has 2 heterocycles. The zero-order valence-electron chi connectivity index (χ0n) is 11.4. The minimum absolute atomic E-state index is 0.235. The highest BCUT2D eigenvalue weighted by atomic mass is 35.5. The summed E-state index contributed by atoms with van der Waals surface area (Å²) in [6, 6.07) is 8.47. The van der Waals surface area contributed by atoms with Crippen LogP contribution in [0, 0.1) is 6.92 Å². The van der Waals surface area contributed by atoms with Gasteiger partial charge in [-0.05, 0) is 37.3 Å². The molecule has 0 aliphatic carbocycles. The van der Waals surface area contributed by atoms with Crippen LogP contribution in [0.25, 0.3) is 11.3 Å². The standard InChI is InChI=1S/C15H10Cl2N2O2S/c1-8-13(10-5-4-9(16)7-11(10)17)18-15(22-8)19-14(20)12-3-2-6-21-12/h2-7H,1H3,(H,18,19,20). The number of aryl methyl sites for hydroxylation is 1. The summed E-state index contributed by atoms with van der Waals surface area (Å²) in [6.07, 6.45) is 1.45. The van der Waals surface area contributed by atoms with Gasteiger partial charge in [0.1, 0.15) is 0 Å². The molecule has 0 unspecified atom stereocenters. The third-order valence-electron chi connectivity index (χ3n) is 2.95. The van der Waals surface area contributed by atoms with E-state index in [1.54, 1.807) is 24.3 Å². The Labute approximate surface area is 140 Å². The third kappa shape index (κ3) is 3.02. The van der Waals surface area contributed by atoms with Gasteiger partial charge in [-0.2, -0.15) is 0 Å². The number of hydrogen-bond donors (Lipinski definition) is 1. The molecule has 1 aromatic carbocycles. The molecule has 0 bridgehead atoms. The maximum absolute atomic E-state index is 12.0. The number of rotatable bonds is 3. The summed E-state index contributed by atoms with van der Waals surface area (Å²) in [5, 5.41) is 4.28. The monoisotopic (exact) mass is 352 g/mol. The van der Waals surface area contributed by atoms with Crippen LogP contribution in [-0.4, -0.2) is 10.9 Å². The van der Waals surface area contributed by atoms with Crippen molar-refractivity contribution in [2.24, 2.45) is 0 Å². The van der Waals surface area contributed by atoms with Crippen LogP contribution in [0.15, 0.2) is 41.0 Å². The molecule has 22 heavy (non-hydrogen) atoms. The SMILES string of the molecule is Cc1sc(NC(=O)c2ccco2)nc1-c1ccc(Cl)cc1Cl. The van der Waals surface area contributed by atoms with Gasteiger partial charge in [0.25, 0.3) is 5.91 Å². The van der Waals surface area contributed by atoms with Crippen molar-refractivity contribution in [1.29, 1.82) is 0 Å². The van der Waals surface area contributed by atoms with E-state index < -0.39 is 0 Å². The van der Waals surface area contributed by atoms with Crippen LogP contribution in [0.4, 0.5) is 5.13 Å². The first-order valence-corrected chi connectivity index (χ1v) is 7.89. The number of anilines is 1. The predicted molar refractivity (Wildman–Crippen MR) is 89.0 cm³/mol. The highest BCUT2D eigenvalue weighted by Gasteiger charge is 2.16. The number of furan rings is 1. The van der Waals surface area contributed by atoms with Gasteiger partial charge >= 0.3 is 0 Å². The molecule has 0 aliphatic heterocycles. The Morgan fingerprint density at radius 2 is 2.14 bits per heavy atom. The maximum Gasteiger partial charge on any atom is 0.293 e. The molecule has 3 rings (SSSR count). The van der Waals surface area contributed by atoms with Gasteiger partial charge in [0.2, 0.25) is 0 Å². The van der Waals surface area contributed by atoms with E-state index in [9.17, 15) is 4.79 Å². The fourth-order valence-corrected chi connectivity index (χ4v) is 3.27. The largest absolute Gasteiger partial charge is 0.459 e. The molecular formula is C15H10Cl2N2O2S. The molecule has 0 radical (unpaired) electrons. The van der Waals surface area contributed by atoms with Crippen molar-refractivity contribution in [3.05, 3.63) is 57.3 Å². The number of carbonyl (C=O) groups is 1. The lowest BCUT2D eigenvalue weighted by Crippen LogP contribution is -2.10. The Kier molecular flexibility index (Phi) is 4.20. The van der Waals surface area contributed by atoms with E-state index in [-0.39, 0.29) is 11.7 Å². The summed E-state index contributed by atoms with van der Waals surface area (Å²) in [5.41, 5.74) is 1.50. The second-order valence-electron chi connectivity index (χ2n) is 4.48. The van der Waals surface area contributed by atoms with E-state index >= 15 is 0 Å². The Morgan fingerprint density at radius 1 is 1.32 bits per heavy atom. The van der Waals surface area contributed by atoms with Gasteiger partial charge < -0.3 is 4.42 Å². The molecular weight excluding hydrogens is 343 g/mol. The fraction of sp³-hybridized carbons (Fsp3) is 0.0667. The number of carbonyl (C=O) groups excluding carboxylic acids is 1. The van der Waals surface area contributed by atoms with Crippen LogP contribution in [0.5, 0.6) is 0 Å². The van der Waals surface area contributed by atoms with E-state index in [0.29, 0.717) is 15.2 Å². The van der Waals surface area contributed by atoms with E-state index in [0.717, 1.165) is 16.1 Å². The van der Waals surface area contributed by atoms with Gasteiger partial charge in [-0.15, -0.1) is 11.3 Å². The average Bonchev–Trinajstić information content (AvgIpc) is 3.09. The van der Waals surface area contributed by atoms with E-state index in [1.165, 1.54) is 17.6 Å². The van der Waals surface area contributed by atoms with Gasteiger partial charge in [-0.1, -0.05) is 23.2 Å². The van der Waals surface area contributed by atoms with Crippen LogP contribution < -0.4 is 5.32 Å². The number of halogens is 2. The van der Waals surface area contributed by atoms with Gasteiger partial charge in [0, 0.05) is 15.5 Å². The van der Waals surface area contributed by atoms with E-state index in [1.807, 2.05) is 13.0 Å². The summed E-state index contributed by atoms with van der Waals surface area (Å²) in [5.74, 6) is -0.105. The Morgan fingerprint density at radius 3 is 2.82 bits per heavy atom. The lowest BCUT2D eigenvalue weighted by atomic mass is 10.1. The number of thiazole rings is 1. The summed E-state index contributed by atoms with van der Waals surface area (Å²) in [7, 11) is 0. The molecule has 0 atom stereocenters. The first-order chi connectivity index (χ1) is 10.5. The molecule has 0 spiro atoms. The normalized spacial score (nSPS) is 10.7. The van der Waals surface area contributed by atoms with Crippen LogP contribution in [0.1, 0.15) is 15.4 Å². The predicted octanol–water partition coefficient (Wildman–Crippen LogP) is 5.27. The molecule has 0 fully saturated rings. The number of amides is 1. The molecule has 0 saturated heterocycles. The van der Waals surface area contributed by atoms with Gasteiger partial charge in [-0.3, -0.25) is 10.1 Å². The molecule has 1 N–H and O–H groups in total. The van der Waals surface area contributed by atoms with Crippen LogP contribution in [-0.2, 0) is 0 Å². The van der Waals surface area contributed by atoms with E-state index in [2.05, 4.69) is 10.3 Å². The second kappa shape index (κ2) is 6.12. The molecule has 3 aromatic rings. The second-order valence-corrected chi connectivity index (χ2v) is 6.53. The minimum atomic E-state index is -0.340. The van der Waals surface area contributed by atoms with Crippen molar-refractivity contribution < 1.29 is 9.21 Å². The Hall–Kier alpha value is -1.82. The number of nitrogens with one attached hydrogen (secondary N) is 1. The molecule has 7 heteroatoms. The Balaban J connectivity index is 1.89. The molecule has 0 aliphatic rings. The van der Waals surface area contributed by atoms with Crippen molar-refractivity contribution in [2.45, 2.75) is 6.92 Å². The highest BCUT2D eigenvalue weighted by Crippen LogP contribution is 2.35. The minimum Gasteiger partial charge on any atom is -0.459 e. The van der Waals surface area contributed by atoms with Gasteiger partial charge in [-0.25, -0.2) is 4.98 Å². The third-order valence-corrected chi connectivity index (χ3v) is 4.38. The zero-order valence-corrected chi connectivity index (χ0v) is 13.7. The van der Waals surface area contributed by atoms with Crippen LogP contribution in [0.2, 0.25) is 10.0 Å². The van der Waals surface area contributed by atoms with Crippen LogP contribution in [0.3, 0.4) is 0 Å². The van der Waals surface area contributed by atoms with Gasteiger partial charge in [0.05, 0.1) is 17.0 Å².